The predicted octanol–water partition coefficient (Wildman–Crippen LogP) is 0.600. The summed E-state index contributed by atoms with van der Waals surface area (Å²) in [5.41, 5.74) is -3.10. The van der Waals surface area contributed by atoms with Crippen LogP contribution in [0.15, 0.2) is 24.3 Å². The van der Waals surface area contributed by atoms with Crippen molar-refractivity contribution in [3.8, 4) is 0 Å². The minimum atomic E-state index is -1.45. The molecule has 39 heavy (non-hydrogen) atoms. The Balaban J connectivity index is 1.41. The number of carbonyl (C=O) groups is 3. The molecule has 0 radical (unpaired) electrons. The fourth-order valence-electron chi connectivity index (χ4n) is 7.80. The molecule has 6 aliphatic rings. The van der Waals surface area contributed by atoms with Crippen molar-refractivity contribution in [1.29, 1.82) is 0 Å². The van der Waals surface area contributed by atoms with Gasteiger partial charge in [-0.3, -0.25) is 0 Å². The standard InChI is InChI=1S/C28H36O11/c1-15-8-9-35-19(30)6-4-5-7-20(31)37-17-10-18-28(12-34-13-28)26(17,3)27(14-36-24(33)21(15)32)11-16(29)25(2)22(39-25)23(27)38-18/h4-7,15-18,21-23,29,32H,8-14H2,1-3H3/b6-4-,7-5-/t15-,16-,17-,18-,21+,22?,23-,25-,26-,27-/m1/s1. The number of allylic oxidation sites excluding steroid dienone is 2. The molecule has 2 N–H and O–H groups in total. The van der Waals surface area contributed by atoms with Crippen LogP contribution in [0.5, 0.6) is 0 Å². The molecule has 0 amide bonds. The molecule has 1 unspecified atom stereocenters. The zero-order valence-corrected chi connectivity index (χ0v) is 22.4. The summed E-state index contributed by atoms with van der Waals surface area (Å²) in [7, 11) is 0. The Labute approximate surface area is 226 Å². The molecule has 5 fully saturated rings. The Morgan fingerprint density at radius 3 is 2.31 bits per heavy atom. The number of ether oxygens (including phenoxy) is 6. The van der Waals surface area contributed by atoms with E-state index in [1.807, 2.05) is 13.8 Å². The van der Waals surface area contributed by atoms with Crippen LogP contribution in [0.4, 0.5) is 0 Å². The van der Waals surface area contributed by atoms with Crippen molar-refractivity contribution in [1.82, 2.24) is 0 Å². The maximum atomic E-state index is 13.1. The molecule has 2 bridgehead atoms. The van der Waals surface area contributed by atoms with Gasteiger partial charge in [-0.25, -0.2) is 14.4 Å². The number of aliphatic hydroxyl groups is 2. The SMILES string of the molecule is C[C@@H]1CCOC(=O)/C=C\C=C/C(=O)O[C@@H]2C[C@H]3O[C@@H]4C5O[C@]5(C)[C@H](O)C[C@]4(COC(=O)[C@H]1O)[C@]2(C)C31COC1. The third kappa shape index (κ3) is 3.70. The molecule has 214 valence electrons. The van der Waals surface area contributed by atoms with Crippen molar-refractivity contribution in [3.05, 3.63) is 24.3 Å². The highest BCUT2D eigenvalue weighted by Crippen LogP contribution is 2.75. The lowest BCUT2D eigenvalue weighted by Crippen LogP contribution is -2.75. The number of hydrogen-bond acceptors (Lipinski definition) is 11. The molecule has 11 heteroatoms. The lowest BCUT2D eigenvalue weighted by molar-refractivity contribution is -0.341. The van der Waals surface area contributed by atoms with Crippen LogP contribution in [-0.4, -0.2) is 96.8 Å². The maximum absolute atomic E-state index is 13.1. The van der Waals surface area contributed by atoms with Gasteiger partial charge >= 0.3 is 17.9 Å². The summed E-state index contributed by atoms with van der Waals surface area (Å²) in [6.45, 7) is 6.13. The van der Waals surface area contributed by atoms with Gasteiger partial charge in [0.05, 0.1) is 43.5 Å². The molecule has 10 atom stereocenters. The van der Waals surface area contributed by atoms with Gasteiger partial charge in [-0.05, 0) is 25.7 Å². The van der Waals surface area contributed by atoms with E-state index in [1.165, 1.54) is 24.3 Å². The summed E-state index contributed by atoms with van der Waals surface area (Å²) in [4.78, 5) is 38.0. The van der Waals surface area contributed by atoms with E-state index in [0.717, 1.165) is 0 Å². The van der Waals surface area contributed by atoms with E-state index >= 15 is 0 Å². The molecule has 2 spiro atoms. The summed E-state index contributed by atoms with van der Waals surface area (Å²) < 4.78 is 35.5. The van der Waals surface area contributed by atoms with E-state index in [2.05, 4.69) is 0 Å². The Morgan fingerprint density at radius 1 is 0.897 bits per heavy atom. The van der Waals surface area contributed by atoms with Gasteiger partial charge in [0.25, 0.3) is 0 Å². The van der Waals surface area contributed by atoms with Gasteiger partial charge in [0.1, 0.15) is 24.4 Å². The van der Waals surface area contributed by atoms with Crippen LogP contribution in [0.25, 0.3) is 0 Å². The minimum absolute atomic E-state index is 0.00621. The summed E-state index contributed by atoms with van der Waals surface area (Å²) in [5.74, 6) is -2.57. The average Bonchev–Trinajstić information content (AvgIpc) is 3.52. The second kappa shape index (κ2) is 9.10. The number of fused-ring (bicyclic) bond motifs is 2. The predicted molar refractivity (Wildman–Crippen MR) is 131 cm³/mol. The fraction of sp³-hybridized carbons (Fsp3) is 0.750. The van der Waals surface area contributed by atoms with Crippen molar-refractivity contribution >= 4 is 17.9 Å². The quantitative estimate of drug-likeness (QED) is 0.249. The van der Waals surface area contributed by atoms with Gasteiger partial charge in [-0.1, -0.05) is 26.0 Å². The summed E-state index contributed by atoms with van der Waals surface area (Å²) in [5, 5.41) is 22.0. The largest absolute Gasteiger partial charge is 0.463 e. The van der Waals surface area contributed by atoms with Crippen molar-refractivity contribution < 1.29 is 53.0 Å². The molecule has 0 aromatic carbocycles. The first kappa shape index (κ1) is 26.9. The number of carbonyl (C=O) groups excluding carboxylic acids is 3. The normalized spacial score (nSPS) is 50.6. The smallest absolute Gasteiger partial charge is 0.335 e. The molecule has 0 aromatic rings. The van der Waals surface area contributed by atoms with E-state index in [9.17, 15) is 24.6 Å². The number of epoxide rings is 1. The molecule has 0 aromatic heterocycles. The Hall–Kier alpha value is -2.31. The van der Waals surface area contributed by atoms with Crippen molar-refractivity contribution in [2.45, 2.75) is 82.3 Å². The Kier molecular flexibility index (Phi) is 6.28. The van der Waals surface area contributed by atoms with Gasteiger partial charge in [-0.15, -0.1) is 0 Å². The van der Waals surface area contributed by atoms with Crippen molar-refractivity contribution in [3.63, 3.8) is 0 Å². The number of cyclic esters (lactones) is 2. The van der Waals surface area contributed by atoms with Gasteiger partial charge in [0, 0.05) is 29.4 Å². The average molecular weight is 549 g/mol. The summed E-state index contributed by atoms with van der Waals surface area (Å²) in [6, 6.07) is 0. The van der Waals surface area contributed by atoms with Crippen molar-refractivity contribution in [2.24, 2.45) is 22.2 Å². The van der Waals surface area contributed by atoms with Gasteiger partial charge in [-0.2, -0.15) is 0 Å². The Bertz CT molecular complexity index is 1110. The van der Waals surface area contributed by atoms with Crippen molar-refractivity contribution in [2.75, 3.05) is 26.4 Å². The first-order chi connectivity index (χ1) is 18.5. The topological polar surface area (TPSA) is 150 Å². The highest BCUT2D eigenvalue weighted by molar-refractivity contribution is 5.84. The van der Waals surface area contributed by atoms with Crippen LogP contribution >= 0.6 is 0 Å². The van der Waals surface area contributed by atoms with Crippen LogP contribution in [0.1, 0.15) is 40.0 Å². The number of hydrogen-bond donors (Lipinski definition) is 2. The highest BCUT2D eigenvalue weighted by Gasteiger charge is 2.85. The molecule has 4 aliphatic heterocycles. The molecule has 4 heterocycles. The maximum Gasteiger partial charge on any atom is 0.335 e. The molecule has 2 aliphatic carbocycles. The van der Waals surface area contributed by atoms with Crippen LogP contribution in [0.2, 0.25) is 0 Å². The molecule has 2 saturated carbocycles. The molecule has 11 nitrogen and oxygen atoms in total. The van der Waals surface area contributed by atoms with Crippen LogP contribution < -0.4 is 0 Å². The third-order valence-electron chi connectivity index (χ3n) is 10.6. The van der Waals surface area contributed by atoms with Crippen LogP contribution in [0, 0.1) is 22.2 Å². The first-order valence-corrected chi connectivity index (χ1v) is 13.6. The number of rotatable bonds is 0. The monoisotopic (exact) mass is 548 g/mol. The van der Waals surface area contributed by atoms with E-state index in [-0.39, 0.29) is 32.2 Å². The fourth-order valence-corrected chi connectivity index (χ4v) is 7.80. The van der Waals surface area contributed by atoms with E-state index in [0.29, 0.717) is 19.6 Å². The van der Waals surface area contributed by atoms with Gasteiger partial charge in [0.15, 0.2) is 6.10 Å². The van der Waals surface area contributed by atoms with Gasteiger partial charge in [0.2, 0.25) is 0 Å². The summed E-state index contributed by atoms with van der Waals surface area (Å²) >= 11 is 0. The number of aliphatic hydroxyl groups excluding tert-OH is 2. The Morgan fingerprint density at radius 2 is 1.62 bits per heavy atom. The molecule has 6 rings (SSSR count). The lowest BCUT2D eigenvalue weighted by Gasteiger charge is -2.67. The molecular weight excluding hydrogens is 512 g/mol. The third-order valence-corrected chi connectivity index (χ3v) is 10.6. The van der Waals surface area contributed by atoms with Crippen LogP contribution in [-0.2, 0) is 42.8 Å². The van der Waals surface area contributed by atoms with Crippen LogP contribution in [0.3, 0.4) is 0 Å². The zero-order valence-electron chi connectivity index (χ0n) is 22.4. The van der Waals surface area contributed by atoms with E-state index in [4.69, 9.17) is 28.4 Å². The summed E-state index contributed by atoms with van der Waals surface area (Å²) in [6.07, 6.45) is 1.87. The molecule has 3 saturated heterocycles. The molecular formula is C28H36O11. The van der Waals surface area contributed by atoms with E-state index < -0.39 is 76.2 Å². The first-order valence-electron chi connectivity index (χ1n) is 13.6. The van der Waals surface area contributed by atoms with E-state index in [1.54, 1.807) is 6.92 Å². The number of esters is 3. The van der Waals surface area contributed by atoms with Gasteiger partial charge < -0.3 is 38.6 Å². The lowest BCUT2D eigenvalue weighted by atomic mass is 9.44. The minimum Gasteiger partial charge on any atom is -0.463 e. The second-order valence-electron chi connectivity index (χ2n) is 12.4. The zero-order chi connectivity index (χ0) is 27.8. The second-order valence-corrected chi connectivity index (χ2v) is 12.4. The highest BCUT2D eigenvalue weighted by atomic mass is 16.7.